The van der Waals surface area contributed by atoms with Crippen LogP contribution in [0.4, 0.5) is 0 Å². The number of aromatic nitrogens is 2. The van der Waals surface area contributed by atoms with E-state index in [1.165, 1.54) is 5.69 Å². The van der Waals surface area contributed by atoms with Crippen molar-refractivity contribution in [2.24, 2.45) is 5.73 Å². The van der Waals surface area contributed by atoms with E-state index in [-0.39, 0.29) is 0 Å². The summed E-state index contributed by atoms with van der Waals surface area (Å²) in [6.07, 6.45) is 2.85. The summed E-state index contributed by atoms with van der Waals surface area (Å²) in [5.74, 6) is 0. The van der Waals surface area contributed by atoms with Crippen molar-refractivity contribution in [3.8, 4) is 11.3 Å². The lowest BCUT2D eigenvalue weighted by atomic mass is 10.1. The number of pyridine rings is 1. The monoisotopic (exact) mass is 315 g/mol. The zero-order valence-corrected chi connectivity index (χ0v) is 12.0. The van der Waals surface area contributed by atoms with Gasteiger partial charge >= 0.3 is 0 Å². The number of nitrogens with zero attached hydrogens (tertiary/aromatic N) is 2. The summed E-state index contributed by atoms with van der Waals surface area (Å²) < 4.78 is 3.19. The average molecular weight is 316 g/mol. The van der Waals surface area contributed by atoms with Crippen LogP contribution in [0.3, 0.4) is 0 Å². The summed E-state index contributed by atoms with van der Waals surface area (Å²) in [5, 5.41) is 0. The molecule has 19 heavy (non-hydrogen) atoms. The van der Waals surface area contributed by atoms with Crippen LogP contribution in [0, 0.1) is 0 Å². The minimum Gasteiger partial charge on any atom is -0.330 e. The first-order chi connectivity index (χ1) is 9.29. The van der Waals surface area contributed by atoms with Crippen LogP contribution in [0.15, 0.2) is 53.1 Å². The number of halogens is 1. The Morgan fingerprint density at radius 1 is 1.11 bits per heavy atom. The minimum atomic E-state index is 0.617. The predicted octanol–water partition coefficient (Wildman–Crippen LogP) is 3.27. The van der Waals surface area contributed by atoms with E-state index in [0.29, 0.717) is 6.54 Å². The molecule has 3 rings (SSSR count). The molecular formula is C15H14BrN3. The topological polar surface area (TPSA) is 43.3 Å². The van der Waals surface area contributed by atoms with E-state index >= 15 is 0 Å². The van der Waals surface area contributed by atoms with Gasteiger partial charge in [0.1, 0.15) is 5.65 Å². The molecule has 0 aliphatic heterocycles. The Balaban J connectivity index is 2.21. The number of nitrogens with two attached hydrogens (primary N) is 1. The van der Waals surface area contributed by atoms with Crippen LogP contribution in [0.25, 0.3) is 16.9 Å². The molecule has 4 heteroatoms. The van der Waals surface area contributed by atoms with Gasteiger partial charge in [0, 0.05) is 22.7 Å². The number of rotatable bonds is 3. The van der Waals surface area contributed by atoms with Crippen LogP contribution in [-0.2, 0) is 6.42 Å². The highest BCUT2D eigenvalue weighted by Crippen LogP contribution is 2.26. The van der Waals surface area contributed by atoms with Crippen LogP contribution in [-0.4, -0.2) is 15.9 Å². The molecule has 3 aromatic rings. The molecular weight excluding hydrogens is 302 g/mol. The maximum absolute atomic E-state index is 5.73. The number of hydrogen-bond acceptors (Lipinski definition) is 2. The van der Waals surface area contributed by atoms with Gasteiger partial charge in [-0.25, -0.2) is 4.98 Å². The maximum atomic E-state index is 5.73. The van der Waals surface area contributed by atoms with Gasteiger partial charge in [0.15, 0.2) is 0 Å². The van der Waals surface area contributed by atoms with Crippen molar-refractivity contribution in [2.45, 2.75) is 6.42 Å². The largest absolute Gasteiger partial charge is 0.330 e. The van der Waals surface area contributed by atoms with Crippen LogP contribution >= 0.6 is 15.9 Å². The zero-order chi connectivity index (χ0) is 13.2. The molecule has 0 saturated heterocycles. The van der Waals surface area contributed by atoms with E-state index in [2.05, 4.69) is 32.5 Å². The smallest absolute Gasteiger partial charge is 0.137 e. The van der Waals surface area contributed by atoms with Crippen LogP contribution in [0.2, 0.25) is 0 Å². The highest BCUT2D eigenvalue weighted by molar-refractivity contribution is 9.10. The van der Waals surface area contributed by atoms with Gasteiger partial charge in [-0.15, -0.1) is 0 Å². The second-order valence-corrected chi connectivity index (χ2v) is 5.30. The second kappa shape index (κ2) is 5.15. The Morgan fingerprint density at radius 3 is 2.63 bits per heavy atom. The number of benzene rings is 1. The Hall–Kier alpha value is -1.65. The fourth-order valence-corrected chi connectivity index (χ4v) is 2.53. The number of fused-ring (bicyclic) bond motifs is 1. The molecule has 3 nitrogen and oxygen atoms in total. The predicted molar refractivity (Wildman–Crippen MR) is 81.1 cm³/mol. The van der Waals surface area contributed by atoms with E-state index in [9.17, 15) is 0 Å². The lowest BCUT2D eigenvalue weighted by Crippen LogP contribution is -2.06. The van der Waals surface area contributed by atoms with Gasteiger partial charge < -0.3 is 10.1 Å². The van der Waals surface area contributed by atoms with Crippen LogP contribution in [0.1, 0.15) is 5.69 Å². The molecule has 0 saturated carbocycles. The van der Waals surface area contributed by atoms with Crippen molar-refractivity contribution in [3.05, 3.63) is 58.8 Å². The van der Waals surface area contributed by atoms with Gasteiger partial charge in [0.2, 0.25) is 0 Å². The molecule has 2 aromatic heterocycles. The van der Waals surface area contributed by atoms with Gasteiger partial charge in [0.05, 0.1) is 11.4 Å². The van der Waals surface area contributed by atoms with Gasteiger partial charge in [-0.05, 0) is 30.8 Å². The summed E-state index contributed by atoms with van der Waals surface area (Å²) in [7, 11) is 0. The van der Waals surface area contributed by atoms with Gasteiger partial charge in [0.25, 0.3) is 0 Å². The summed E-state index contributed by atoms with van der Waals surface area (Å²) in [6, 6.07) is 14.2. The molecule has 0 amide bonds. The summed E-state index contributed by atoms with van der Waals surface area (Å²) in [4.78, 5) is 4.72. The summed E-state index contributed by atoms with van der Waals surface area (Å²) in [6.45, 7) is 0.617. The molecule has 1 aromatic carbocycles. The Bertz CT molecular complexity index is 701. The lowest BCUT2D eigenvalue weighted by Gasteiger charge is -2.03. The van der Waals surface area contributed by atoms with Gasteiger partial charge in [-0.3, -0.25) is 0 Å². The van der Waals surface area contributed by atoms with E-state index in [1.54, 1.807) is 0 Å². The number of hydrogen-bond donors (Lipinski definition) is 1. The van der Waals surface area contributed by atoms with E-state index < -0.39 is 0 Å². The first-order valence-corrected chi connectivity index (χ1v) is 7.01. The first-order valence-electron chi connectivity index (χ1n) is 6.21. The van der Waals surface area contributed by atoms with E-state index in [4.69, 9.17) is 10.7 Å². The fraction of sp³-hybridized carbons (Fsp3) is 0.133. The van der Waals surface area contributed by atoms with Crippen molar-refractivity contribution in [1.29, 1.82) is 0 Å². The van der Waals surface area contributed by atoms with Gasteiger partial charge in [-0.1, -0.05) is 34.1 Å². The molecule has 0 fully saturated rings. The van der Waals surface area contributed by atoms with E-state index in [0.717, 1.165) is 27.8 Å². The molecule has 2 heterocycles. The normalized spacial score (nSPS) is 11.1. The molecule has 0 aliphatic carbocycles. The quantitative estimate of drug-likeness (QED) is 0.806. The molecule has 0 radical (unpaired) electrons. The minimum absolute atomic E-state index is 0.617. The van der Waals surface area contributed by atoms with Crippen molar-refractivity contribution in [3.63, 3.8) is 0 Å². The maximum Gasteiger partial charge on any atom is 0.137 e. The van der Waals surface area contributed by atoms with Crippen LogP contribution < -0.4 is 5.73 Å². The molecule has 0 unspecified atom stereocenters. The van der Waals surface area contributed by atoms with E-state index in [1.807, 2.05) is 36.5 Å². The van der Waals surface area contributed by atoms with Crippen molar-refractivity contribution in [1.82, 2.24) is 9.38 Å². The average Bonchev–Trinajstić information content (AvgIpc) is 2.79. The van der Waals surface area contributed by atoms with Gasteiger partial charge in [-0.2, -0.15) is 0 Å². The molecule has 0 atom stereocenters. The standard InChI is InChI=1S/C15H14BrN3/c16-12-6-4-11(5-7-12)15-13(8-9-17)19-10-2-1-3-14(19)18-15/h1-7,10H,8-9,17H2. The molecule has 96 valence electrons. The highest BCUT2D eigenvalue weighted by atomic mass is 79.9. The lowest BCUT2D eigenvalue weighted by molar-refractivity contribution is 0.907. The third-order valence-corrected chi connectivity index (χ3v) is 3.66. The summed E-state index contributed by atoms with van der Waals surface area (Å²) in [5.41, 5.74) is 10.0. The third kappa shape index (κ3) is 2.29. The van der Waals surface area contributed by atoms with Crippen molar-refractivity contribution < 1.29 is 0 Å². The third-order valence-electron chi connectivity index (χ3n) is 3.13. The summed E-state index contributed by atoms with van der Waals surface area (Å²) >= 11 is 3.46. The van der Waals surface area contributed by atoms with Crippen molar-refractivity contribution >= 4 is 21.6 Å². The molecule has 0 aliphatic rings. The van der Waals surface area contributed by atoms with Crippen molar-refractivity contribution in [2.75, 3.05) is 6.54 Å². The Morgan fingerprint density at radius 2 is 1.89 bits per heavy atom. The fourth-order valence-electron chi connectivity index (χ4n) is 2.26. The molecule has 0 spiro atoms. The SMILES string of the molecule is NCCc1c(-c2ccc(Br)cc2)nc2ccccn12. The molecule has 2 N–H and O–H groups in total. The first kappa shape index (κ1) is 12.4. The Labute approximate surface area is 120 Å². The number of imidazole rings is 1. The van der Waals surface area contributed by atoms with Crippen LogP contribution in [0.5, 0.6) is 0 Å². The Kier molecular flexibility index (Phi) is 3.36. The highest BCUT2D eigenvalue weighted by Gasteiger charge is 2.12. The zero-order valence-electron chi connectivity index (χ0n) is 10.4. The molecule has 0 bridgehead atoms. The second-order valence-electron chi connectivity index (χ2n) is 4.38.